The molecular formula is C26H23N5O4. The molecule has 2 amide bonds. The molecule has 3 aromatic heterocycles. The molecule has 1 aliphatic rings. The van der Waals surface area contributed by atoms with Gasteiger partial charge < -0.3 is 23.9 Å². The molecule has 5 aromatic rings. The lowest BCUT2D eigenvalue weighted by Crippen LogP contribution is -2.40. The van der Waals surface area contributed by atoms with Crippen molar-refractivity contribution in [3.05, 3.63) is 66.7 Å². The molecule has 9 nitrogen and oxygen atoms in total. The lowest BCUT2D eigenvalue weighted by atomic mass is 9.97. The van der Waals surface area contributed by atoms with Crippen molar-refractivity contribution in [2.24, 2.45) is 0 Å². The summed E-state index contributed by atoms with van der Waals surface area (Å²) in [5.74, 6) is 1.75. The number of aromatic nitrogens is 3. The SMILES string of the molecule is COc1cc2c(cc1NC(=O)N1CCC(c3nc(-c4ccccn4)no3)CC1)oc1ccccc12. The predicted octanol–water partition coefficient (Wildman–Crippen LogP) is 5.45. The number of benzene rings is 2. The third-order valence-corrected chi connectivity index (χ3v) is 6.41. The molecule has 35 heavy (non-hydrogen) atoms. The van der Waals surface area contributed by atoms with E-state index in [1.54, 1.807) is 18.2 Å². The number of hydrogen-bond donors (Lipinski definition) is 1. The minimum atomic E-state index is -0.183. The highest BCUT2D eigenvalue weighted by Crippen LogP contribution is 2.37. The fourth-order valence-corrected chi connectivity index (χ4v) is 4.54. The molecule has 0 unspecified atom stereocenters. The van der Waals surface area contributed by atoms with Crippen LogP contribution in [0.4, 0.5) is 10.5 Å². The number of fused-ring (bicyclic) bond motifs is 3. The molecule has 0 atom stereocenters. The third-order valence-electron chi connectivity index (χ3n) is 6.41. The van der Waals surface area contributed by atoms with E-state index in [2.05, 4.69) is 20.4 Å². The summed E-state index contributed by atoms with van der Waals surface area (Å²) in [6.07, 6.45) is 3.16. The molecular weight excluding hydrogens is 446 g/mol. The number of carbonyl (C=O) groups is 1. The molecule has 1 aliphatic heterocycles. The van der Waals surface area contributed by atoms with Gasteiger partial charge in [-0.15, -0.1) is 0 Å². The van der Waals surface area contributed by atoms with Gasteiger partial charge in [0.1, 0.15) is 22.6 Å². The zero-order valence-electron chi connectivity index (χ0n) is 19.1. The number of nitrogens with zero attached hydrogens (tertiary/aromatic N) is 4. The Kier molecular flexibility index (Phi) is 5.29. The highest BCUT2D eigenvalue weighted by atomic mass is 16.5. The molecule has 0 saturated carbocycles. The van der Waals surface area contributed by atoms with E-state index in [9.17, 15) is 4.79 Å². The number of likely N-dealkylation sites (tertiary alicyclic amines) is 1. The van der Waals surface area contributed by atoms with E-state index in [1.807, 2.05) is 54.6 Å². The first-order valence-corrected chi connectivity index (χ1v) is 11.5. The zero-order chi connectivity index (χ0) is 23.8. The molecule has 0 bridgehead atoms. The Bertz CT molecular complexity index is 1500. The number of furan rings is 1. The van der Waals surface area contributed by atoms with Crippen LogP contribution in [0.3, 0.4) is 0 Å². The Morgan fingerprint density at radius 3 is 2.69 bits per heavy atom. The molecule has 9 heteroatoms. The maximum atomic E-state index is 13.0. The average Bonchev–Trinajstić information content (AvgIpc) is 3.54. The van der Waals surface area contributed by atoms with E-state index in [4.69, 9.17) is 13.7 Å². The van der Waals surface area contributed by atoms with E-state index >= 15 is 0 Å². The number of methoxy groups -OCH3 is 1. The van der Waals surface area contributed by atoms with Gasteiger partial charge in [-0.05, 0) is 37.1 Å². The van der Waals surface area contributed by atoms with E-state index in [1.165, 1.54) is 0 Å². The average molecular weight is 470 g/mol. The summed E-state index contributed by atoms with van der Waals surface area (Å²) in [5, 5.41) is 9.01. The van der Waals surface area contributed by atoms with Crippen molar-refractivity contribution in [1.82, 2.24) is 20.0 Å². The highest BCUT2D eigenvalue weighted by Gasteiger charge is 2.28. The number of para-hydroxylation sites is 1. The molecule has 0 aliphatic carbocycles. The number of ether oxygens (including phenoxy) is 1. The number of nitrogens with one attached hydrogen (secondary N) is 1. The smallest absolute Gasteiger partial charge is 0.321 e. The molecule has 1 saturated heterocycles. The summed E-state index contributed by atoms with van der Waals surface area (Å²) in [7, 11) is 1.59. The fraction of sp³-hybridized carbons (Fsp3) is 0.231. The second-order valence-corrected chi connectivity index (χ2v) is 8.51. The topological polar surface area (TPSA) is 107 Å². The second-order valence-electron chi connectivity index (χ2n) is 8.51. The van der Waals surface area contributed by atoms with Gasteiger partial charge in [0.05, 0.1) is 12.8 Å². The summed E-state index contributed by atoms with van der Waals surface area (Å²) >= 11 is 0. The van der Waals surface area contributed by atoms with Gasteiger partial charge >= 0.3 is 6.03 Å². The number of anilines is 1. The maximum Gasteiger partial charge on any atom is 0.321 e. The number of piperidine rings is 1. The largest absolute Gasteiger partial charge is 0.495 e. The van der Waals surface area contributed by atoms with Gasteiger partial charge in [-0.2, -0.15) is 4.98 Å². The maximum absolute atomic E-state index is 13.0. The first-order chi connectivity index (χ1) is 17.2. The Balaban J connectivity index is 1.14. The van der Waals surface area contributed by atoms with Gasteiger partial charge in [-0.25, -0.2) is 4.79 Å². The lowest BCUT2D eigenvalue weighted by molar-refractivity contribution is 0.187. The molecule has 0 spiro atoms. The summed E-state index contributed by atoms with van der Waals surface area (Å²) in [6.45, 7) is 1.15. The van der Waals surface area contributed by atoms with E-state index in [-0.39, 0.29) is 11.9 Å². The molecule has 6 rings (SSSR count). The third kappa shape index (κ3) is 3.95. The second kappa shape index (κ2) is 8.75. The number of hydrogen-bond acceptors (Lipinski definition) is 7. The summed E-state index contributed by atoms with van der Waals surface area (Å²) < 4.78 is 17.0. The van der Waals surface area contributed by atoms with Crippen molar-refractivity contribution in [2.45, 2.75) is 18.8 Å². The van der Waals surface area contributed by atoms with Crippen molar-refractivity contribution in [2.75, 3.05) is 25.5 Å². The van der Waals surface area contributed by atoms with Crippen molar-refractivity contribution in [1.29, 1.82) is 0 Å². The van der Waals surface area contributed by atoms with E-state index < -0.39 is 0 Å². The van der Waals surface area contributed by atoms with Crippen molar-refractivity contribution < 1.29 is 18.5 Å². The highest BCUT2D eigenvalue weighted by molar-refractivity contribution is 6.07. The van der Waals surface area contributed by atoms with Crippen molar-refractivity contribution >= 4 is 33.7 Å². The Morgan fingerprint density at radius 2 is 1.89 bits per heavy atom. The number of urea groups is 1. The molecule has 1 N–H and O–H groups in total. The van der Waals surface area contributed by atoms with Crippen LogP contribution in [0.2, 0.25) is 0 Å². The Labute approximate surface area is 200 Å². The van der Waals surface area contributed by atoms with Crippen molar-refractivity contribution in [3.8, 4) is 17.3 Å². The van der Waals surface area contributed by atoms with Crippen LogP contribution in [0, 0.1) is 0 Å². The van der Waals surface area contributed by atoms with Crippen LogP contribution in [0.5, 0.6) is 5.75 Å². The zero-order valence-corrected chi connectivity index (χ0v) is 19.1. The molecule has 2 aromatic carbocycles. The fourth-order valence-electron chi connectivity index (χ4n) is 4.54. The van der Waals surface area contributed by atoms with E-state index in [0.29, 0.717) is 47.5 Å². The minimum Gasteiger partial charge on any atom is -0.495 e. The van der Waals surface area contributed by atoms with Gasteiger partial charge in [0.25, 0.3) is 0 Å². The number of rotatable bonds is 4. The van der Waals surface area contributed by atoms with Gasteiger partial charge in [0.15, 0.2) is 0 Å². The van der Waals surface area contributed by atoms with Gasteiger partial charge in [-0.1, -0.05) is 29.4 Å². The van der Waals surface area contributed by atoms with Gasteiger partial charge in [0, 0.05) is 42.0 Å². The Hall–Kier alpha value is -4.40. The number of pyridine rings is 1. The van der Waals surface area contributed by atoms with Gasteiger partial charge in [0.2, 0.25) is 11.7 Å². The summed E-state index contributed by atoms with van der Waals surface area (Å²) in [6, 6.07) is 16.9. The predicted molar refractivity (Wildman–Crippen MR) is 130 cm³/mol. The molecule has 4 heterocycles. The normalized spacial score (nSPS) is 14.5. The van der Waals surface area contributed by atoms with Crippen LogP contribution in [0.25, 0.3) is 33.5 Å². The first kappa shape index (κ1) is 21.2. The molecule has 0 radical (unpaired) electrons. The minimum absolute atomic E-state index is 0.102. The Morgan fingerprint density at radius 1 is 1.06 bits per heavy atom. The number of carbonyl (C=O) groups excluding carboxylic acids is 1. The van der Waals surface area contributed by atoms with Crippen LogP contribution >= 0.6 is 0 Å². The summed E-state index contributed by atoms with van der Waals surface area (Å²) in [4.78, 5) is 23.6. The standard InChI is InChI=1S/C26H23N5O4/c1-33-23-14-18-17-6-2-3-8-21(17)34-22(18)15-20(23)28-26(32)31-12-9-16(10-13-31)25-29-24(30-35-25)19-7-4-5-11-27-19/h2-8,11,14-16H,9-10,12-13H2,1H3,(H,28,32). The van der Waals surface area contributed by atoms with Crippen LogP contribution in [0.1, 0.15) is 24.7 Å². The lowest BCUT2D eigenvalue weighted by Gasteiger charge is -2.30. The van der Waals surface area contributed by atoms with Crippen LogP contribution in [-0.2, 0) is 0 Å². The monoisotopic (exact) mass is 469 g/mol. The number of amides is 2. The van der Waals surface area contributed by atoms with Crippen molar-refractivity contribution in [3.63, 3.8) is 0 Å². The summed E-state index contributed by atoms with van der Waals surface area (Å²) in [5.41, 5.74) is 2.74. The van der Waals surface area contributed by atoms with Crippen LogP contribution in [0.15, 0.2) is 69.7 Å². The van der Waals surface area contributed by atoms with Crippen LogP contribution in [-0.4, -0.2) is 46.3 Å². The van der Waals surface area contributed by atoms with Crippen LogP contribution < -0.4 is 10.1 Å². The van der Waals surface area contributed by atoms with Gasteiger partial charge in [-0.3, -0.25) is 4.98 Å². The quantitative estimate of drug-likeness (QED) is 0.373. The molecule has 176 valence electrons. The molecule has 1 fully saturated rings. The first-order valence-electron chi connectivity index (χ1n) is 11.5. The van der Waals surface area contributed by atoms with E-state index in [0.717, 1.165) is 29.2 Å².